The molecule has 1 saturated heterocycles. The van der Waals surface area contributed by atoms with E-state index in [0.29, 0.717) is 6.04 Å². The van der Waals surface area contributed by atoms with Gasteiger partial charge in [0.15, 0.2) is 0 Å². The number of ether oxygens (including phenoxy) is 1. The summed E-state index contributed by atoms with van der Waals surface area (Å²) in [7, 11) is 0. The summed E-state index contributed by atoms with van der Waals surface area (Å²) in [5.41, 5.74) is 0. The Balaban J connectivity index is 2.07. The van der Waals surface area contributed by atoms with Crippen LogP contribution in [0.2, 0.25) is 0 Å². The van der Waals surface area contributed by atoms with E-state index in [1.165, 1.54) is 0 Å². The van der Waals surface area contributed by atoms with E-state index < -0.39 is 0 Å². The average Bonchev–Trinajstić information content (AvgIpc) is 2.52. The lowest BCUT2D eigenvalue weighted by Gasteiger charge is -2.10. The van der Waals surface area contributed by atoms with Crippen molar-refractivity contribution >= 4 is 0 Å². The SMILES string of the molecule is CC(C#N)CNC1CCOC1. The zero-order chi connectivity index (χ0) is 8.10. The fraction of sp³-hybridized carbons (Fsp3) is 0.875. The van der Waals surface area contributed by atoms with Crippen molar-refractivity contribution in [3.05, 3.63) is 0 Å². The van der Waals surface area contributed by atoms with Crippen molar-refractivity contribution < 1.29 is 4.74 Å². The van der Waals surface area contributed by atoms with E-state index in [1.807, 2.05) is 6.92 Å². The summed E-state index contributed by atoms with van der Waals surface area (Å²) in [6, 6.07) is 2.66. The molecule has 3 nitrogen and oxygen atoms in total. The van der Waals surface area contributed by atoms with E-state index in [-0.39, 0.29) is 5.92 Å². The molecule has 1 fully saturated rings. The minimum absolute atomic E-state index is 0.107. The Hall–Kier alpha value is -0.590. The molecule has 2 unspecified atom stereocenters. The predicted molar refractivity (Wildman–Crippen MR) is 42.0 cm³/mol. The molecule has 0 aromatic rings. The second kappa shape index (κ2) is 4.32. The maximum Gasteiger partial charge on any atom is 0.0666 e. The molecule has 3 heteroatoms. The zero-order valence-corrected chi connectivity index (χ0v) is 6.84. The van der Waals surface area contributed by atoms with Crippen molar-refractivity contribution in [2.75, 3.05) is 19.8 Å². The van der Waals surface area contributed by atoms with Gasteiger partial charge >= 0.3 is 0 Å². The predicted octanol–water partition coefficient (Wildman–Crippen LogP) is 0.525. The van der Waals surface area contributed by atoms with Crippen LogP contribution in [0.5, 0.6) is 0 Å². The van der Waals surface area contributed by atoms with E-state index in [4.69, 9.17) is 10.00 Å². The summed E-state index contributed by atoms with van der Waals surface area (Å²) < 4.78 is 5.18. The van der Waals surface area contributed by atoms with Crippen LogP contribution in [0.3, 0.4) is 0 Å². The van der Waals surface area contributed by atoms with Gasteiger partial charge in [0.25, 0.3) is 0 Å². The fourth-order valence-corrected chi connectivity index (χ4v) is 1.08. The van der Waals surface area contributed by atoms with E-state index >= 15 is 0 Å². The number of nitrogens with one attached hydrogen (secondary N) is 1. The molecule has 11 heavy (non-hydrogen) atoms. The number of nitriles is 1. The first kappa shape index (κ1) is 8.51. The van der Waals surface area contributed by atoms with Crippen molar-refractivity contribution in [1.29, 1.82) is 5.26 Å². The number of hydrogen-bond donors (Lipinski definition) is 1. The average molecular weight is 154 g/mol. The largest absolute Gasteiger partial charge is 0.380 e. The monoisotopic (exact) mass is 154 g/mol. The van der Waals surface area contributed by atoms with Gasteiger partial charge in [-0.25, -0.2) is 0 Å². The van der Waals surface area contributed by atoms with Crippen LogP contribution in [0.1, 0.15) is 13.3 Å². The van der Waals surface area contributed by atoms with E-state index in [0.717, 1.165) is 26.2 Å². The highest BCUT2D eigenvalue weighted by atomic mass is 16.5. The van der Waals surface area contributed by atoms with Gasteiger partial charge in [0.05, 0.1) is 18.6 Å². The smallest absolute Gasteiger partial charge is 0.0666 e. The van der Waals surface area contributed by atoms with Crippen molar-refractivity contribution in [1.82, 2.24) is 5.32 Å². The summed E-state index contributed by atoms with van der Waals surface area (Å²) in [4.78, 5) is 0. The Bertz CT molecular complexity index is 147. The molecule has 1 heterocycles. The van der Waals surface area contributed by atoms with Gasteiger partial charge in [-0.05, 0) is 13.3 Å². The van der Waals surface area contributed by atoms with Crippen molar-refractivity contribution in [2.24, 2.45) is 5.92 Å². The molecule has 1 aliphatic heterocycles. The molecule has 0 spiro atoms. The van der Waals surface area contributed by atoms with Crippen LogP contribution in [0.25, 0.3) is 0 Å². The van der Waals surface area contributed by atoms with Crippen molar-refractivity contribution in [3.63, 3.8) is 0 Å². The van der Waals surface area contributed by atoms with Crippen LogP contribution < -0.4 is 5.32 Å². The van der Waals surface area contributed by atoms with Crippen LogP contribution in [0.4, 0.5) is 0 Å². The third-order valence-electron chi connectivity index (χ3n) is 1.86. The molecule has 0 amide bonds. The molecule has 0 radical (unpaired) electrons. The van der Waals surface area contributed by atoms with Gasteiger partial charge in [-0.15, -0.1) is 0 Å². The highest BCUT2D eigenvalue weighted by Crippen LogP contribution is 2.03. The number of nitrogens with zero attached hydrogens (tertiary/aromatic N) is 1. The third kappa shape index (κ3) is 2.87. The zero-order valence-electron chi connectivity index (χ0n) is 6.84. The van der Waals surface area contributed by atoms with Crippen LogP contribution in [0, 0.1) is 17.2 Å². The Morgan fingerprint density at radius 1 is 1.82 bits per heavy atom. The van der Waals surface area contributed by atoms with Gasteiger partial charge in [0.1, 0.15) is 0 Å². The quantitative estimate of drug-likeness (QED) is 0.644. The second-order valence-electron chi connectivity index (χ2n) is 3.00. The molecular weight excluding hydrogens is 140 g/mol. The molecule has 2 atom stereocenters. The second-order valence-corrected chi connectivity index (χ2v) is 3.00. The van der Waals surface area contributed by atoms with E-state index in [2.05, 4.69) is 11.4 Å². The summed E-state index contributed by atoms with van der Waals surface area (Å²) in [6.07, 6.45) is 1.08. The van der Waals surface area contributed by atoms with Crippen molar-refractivity contribution in [2.45, 2.75) is 19.4 Å². The molecule has 0 aromatic carbocycles. The maximum atomic E-state index is 8.49. The van der Waals surface area contributed by atoms with Crippen LogP contribution >= 0.6 is 0 Å². The van der Waals surface area contributed by atoms with E-state index in [9.17, 15) is 0 Å². The lowest BCUT2D eigenvalue weighted by molar-refractivity contribution is 0.189. The molecule has 0 saturated carbocycles. The Kier molecular flexibility index (Phi) is 3.34. The Labute approximate surface area is 67.3 Å². The summed E-state index contributed by atoms with van der Waals surface area (Å²) in [5, 5.41) is 11.8. The molecule has 0 bridgehead atoms. The fourth-order valence-electron chi connectivity index (χ4n) is 1.08. The first-order valence-electron chi connectivity index (χ1n) is 4.03. The summed E-state index contributed by atoms with van der Waals surface area (Å²) in [5.74, 6) is 0.107. The topological polar surface area (TPSA) is 45.0 Å². The van der Waals surface area contributed by atoms with Gasteiger partial charge in [0.2, 0.25) is 0 Å². The normalized spacial score (nSPS) is 26.4. The maximum absolute atomic E-state index is 8.49. The molecule has 0 aliphatic carbocycles. The standard InChI is InChI=1S/C8H14N2O/c1-7(4-9)5-10-8-2-3-11-6-8/h7-8,10H,2-3,5-6H2,1H3. The molecule has 1 N–H and O–H groups in total. The summed E-state index contributed by atoms with van der Waals surface area (Å²) in [6.45, 7) is 4.37. The molecule has 1 rings (SSSR count). The van der Waals surface area contributed by atoms with E-state index in [1.54, 1.807) is 0 Å². The summed E-state index contributed by atoms with van der Waals surface area (Å²) >= 11 is 0. The Morgan fingerprint density at radius 3 is 3.18 bits per heavy atom. The first-order valence-corrected chi connectivity index (χ1v) is 4.03. The minimum atomic E-state index is 0.107. The number of hydrogen-bond acceptors (Lipinski definition) is 3. The molecule has 0 aromatic heterocycles. The van der Waals surface area contributed by atoms with Crippen LogP contribution in [0.15, 0.2) is 0 Å². The van der Waals surface area contributed by atoms with Crippen LogP contribution in [-0.4, -0.2) is 25.8 Å². The molecular formula is C8H14N2O. The minimum Gasteiger partial charge on any atom is -0.380 e. The first-order chi connectivity index (χ1) is 5.33. The van der Waals surface area contributed by atoms with Gasteiger partial charge in [-0.2, -0.15) is 5.26 Å². The highest BCUT2D eigenvalue weighted by Gasteiger charge is 2.14. The van der Waals surface area contributed by atoms with Gasteiger partial charge in [0, 0.05) is 19.2 Å². The molecule has 1 aliphatic rings. The Morgan fingerprint density at radius 2 is 2.64 bits per heavy atom. The van der Waals surface area contributed by atoms with Gasteiger partial charge in [-0.1, -0.05) is 0 Å². The van der Waals surface area contributed by atoms with Gasteiger partial charge < -0.3 is 10.1 Å². The van der Waals surface area contributed by atoms with Crippen molar-refractivity contribution in [3.8, 4) is 6.07 Å². The van der Waals surface area contributed by atoms with Crippen LogP contribution in [-0.2, 0) is 4.74 Å². The lowest BCUT2D eigenvalue weighted by atomic mass is 10.2. The third-order valence-corrected chi connectivity index (χ3v) is 1.86. The lowest BCUT2D eigenvalue weighted by Crippen LogP contribution is -2.32. The highest BCUT2D eigenvalue weighted by molar-refractivity contribution is 4.82. The molecule has 62 valence electrons. The van der Waals surface area contributed by atoms with Gasteiger partial charge in [-0.3, -0.25) is 0 Å². The number of rotatable bonds is 3.